The molecule has 3 aliphatic carbocycles. The number of aliphatic hydroxyl groups is 1. The van der Waals surface area contributed by atoms with Crippen LogP contribution in [-0.2, 0) is 9.53 Å². The van der Waals surface area contributed by atoms with E-state index in [0.29, 0.717) is 6.42 Å². The molecule has 1 heterocycles. The van der Waals surface area contributed by atoms with E-state index >= 15 is 0 Å². The summed E-state index contributed by atoms with van der Waals surface area (Å²) < 4.78 is 5.84. The highest BCUT2D eigenvalue weighted by Crippen LogP contribution is 2.69. The highest BCUT2D eigenvalue weighted by molar-refractivity contribution is 5.80. The van der Waals surface area contributed by atoms with Crippen molar-refractivity contribution in [2.24, 2.45) is 28.1 Å². The summed E-state index contributed by atoms with van der Waals surface area (Å²) in [6.07, 6.45) is 8.51. The molecule has 3 heteroatoms. The second-order valence-electron chi connectivity index (χ2n) is 9.63. The van der Waals surface area contributed by atoms with Crippen LogP contribution < -0.4 is 0 Å². The number of hydrogen-bond acceptors (Lipinski definition) is 3. The summed E-state index contributed by atoms with van der Waals surface area (Å²) in [7, 11) is 0. The molecule has 7 unspecified atom stereocenters. The van der Waals surface area contributed by atoms with Crippen LogP contribution in [0.4, 0.5) is 0 Å². The Balaban J connectivity index is 1.78. The van der Waals surface area contributed by atoms with Gasteiger partial charge in [0.2, 0.25) is 0 Å². The first kappa shape index (κ1) is 15.7. The highest BCUT2D eigenvalue weighted by atomic mass is 16.6. The lowest BCUT2D eigenvalue weighted by Crippen LogP contribution is -2.64. The number of ether oxygens (including phenoxy) is 1. The van der Waals surface area contributed by atoms with Crippen molar-refractivity contribution in [2.45, 2.75) is 77.4 Å². The Morgan fingerprint density at radius 3 is 2.70 bits per heavy atom. The van der Waals surface area contributed by atoms with Crippen molar-refractivity contribution in [3.05, 3.63) is 12.7 Å². The molecule has 23 heavy (non-hydrogen) atoms. The van der Waals surface area contributed by atoms with Crippen LogP contribution in [0.3, 0.4) is 0 Å². The van der Waals surface area contributed by atoms with Gasteiger partial charge in [-0.15, -0.1) is 6.58 Å². The molecule has 0 aromatic rings. The molecule has 4 fully saturated rings. The lowest BCUT2D eigenvalue weighted by atomic mass is 9.42. The molecule has 0 aromatic carbocycles. The highest BCUT2D eigenvalue weighted by Gasteiger charge is 2.71. The van der Waals surface area contributed by atoms with Gasteiger partial charge < -0.3 is 9.84 Å². The van der Waals surface area contributed by atoms with Gasteiger partial charge in [-0.05, 0) is 55.8 Å². The van der Waals surface area contributed by atoms with Crippen LogP contribution in [0.25, 0.3) is 0 Å². The van der Waals surface area contributed by atoms with E-state index in [1.807, 2.05) is 6.08 Å². The second kappa shape index (κ2) is 4.41. The molecule has 4 aliphatic rings. The number of carbonyl (C=O) groups is 1. The zero-order chi connectivity index (χ0) is 16.7. The Hall–Kier alpha value is -0.830. The Bertz CT molecular complexity index is 571. The summed E-state index contributed by atoms with van der Waals surface area (Å²) in [6, 6.07) is 0. The quantitative estimate of drug-likeness (QED) is 0.590. The normalized spacial score (nSPS) is 58.1. The third-order valence-corrected chi connectivity index (χ3v) is 8.11. The third kappa shape index (κ3) is 1.83. The molecule has 0 bridgehead atoms. The van der Waals surface area contributed by atoms with E-state index in [0.717, 1.165) is 38.5 Å². The van der Waals surface area contributed by atoms with Gasteiger partial charge >= 0.3 is 5.97 Å². The van der Waals surface area contributed by atoms with Crippen molar-refractivity contribution in [1.82, 2.24) is 0 Å². The Labute approximate surface area is 139 Å². The number of carbonyl (C=O) groups excluding carboxylic acids is 1. The topological polar surface area (TPSA) is 46.5 Å². The minimum Gasteiger partial charge on any atom is -0.461 e. The minimum atomic E-state index is -0.722. The summed E-state index contributed by atoms with van der Waals surface area (Å²) in [5.41, 5.74) is -1.05. The summed E-state index contributed by atoms with van der Waals surface area (Å²) in [6.45, 7) is 10.6. The van der Waals surface area contributed by atoms with Crippen molar-refractivity contribution >= 4 is 5.97 Å². The number of rotatable bonds is 1. The van der Waals surface area contributed by atoms with Gasteiger partial charge in [-0.25, -0.2) is 0 Å². The largest absolute Gasteiger partial charge is 0.461 e. The van der Waals surface area contributed by atoms with Gasteiger partial charge in [-0.1, -0.05) is 26.3 Å². The molecule has 128 valence electrons. The zero-order valence-corrected chi connectivity index (χ0v) is 14.7. The van der Waals surface area contributed by atoms with Gasteiger partial charge in [0.1, 0.15) is 6.10 Å². The predicted molar refractivity (Wildman–Crippen MR) is 88.6 cm³/mol. The average Bonchev–Trinajstić information content (AvgIpc) is 2.70. The van der Waals surface area contributed by atoms with Crippen LogP contribution in [-0.4, -0.2) is 22.8 Å². The smallest absolute Gasteiger partial charge is 0.312 e. The Morgan fingerprint density at radius 2 is 2.00 bits per heavy atom. The summed E-state index contributed by atoms with van der Waals surface area (Å²) in [4.78, 5) is 12.6. The molecule has 3 saturated carbocycles. The van der Waals surface area contributed by atoms with Crippen molar-refractivity contribution in [3.63, 3.8) is 0 Å². The van der Waals surface area contributed by atoms with E-state index in [1.165, 1.54) is 0 Å². The van der Waals surface area contributed by atoms with E-state index in [-0.39, 0.29) is 40.2 Å². The van der Waals surface area contributed by atoms with Gasteiger partial charge in [-0.3, -0.25) is 4.79 Å². The first-order chi connectivity index (χ1) is 10.7. The van der Waals surface area contributed by atoms with Crippen molar-refractivity contribution in [3.8, 4) is 0 Å². The van der Waals surface area contributed by atoms with Gasteiger partial charge in [0.15, 0.2) is 0 Å². The lowest BCUT2D eigenvalue weighted by Gasteiger charge is -2.63. The molecule has 0 radical (unpaired) electrons. The third-order valence-electron chi connectivity index (χ3n) is 8.11. The van der Waals surface area contributed by atoms with Gasteiger partial charge in [-0.2, -0.15) is 0 Å². The van der Waals surface area contributed by atoms with Gasteiger partial charge in [0, 0.05) is 12.3 Å². The number of allylic oxidation sites excluding steroid dienone is 1. The molecular formula is C20H30O3. The van der Waals surface area contributed by atoms with Crippen LogP contribution >= 0.6 is 0 Å². The molecule has 7 atom stereocenters. The maximum atomic E-state index is 12.6. The van der Waals surface area contributed by atoms with E-state index in [4.69, 9.17) is 4.74 Å². The fourth-order valence-corrected chi connectivity index (χ4v) is 7.16. The zero-order valence-electron chi connectivity index (χ0n) is 14.7. The van der Waals surface area contributed by atoms with Crippen molar-refractivity contribution in [2.75, 3.05) is 0 Å². The number of fused-ring (bicyclic) bond motifs is 2. The van der Waals surface area contributed by atoms with E-state index < -0.39 is 5.60 Å². The maximum Gasteiger partial charge on any atom is 0.312 e. The van der Waals surface area contributed by atoms with Crippen LogP contribution in [0.15, 0.2) is 12.7 Å². The molecule has 1 aliphatic heterocycles. The van der Waals surface area contributed by atoms with Crippen LogP contribution in [0.2, 0.25) is 0 Å². The van der Waals surface area contributed by atoms with Crippen molar-refractivity contribution in [1.29, 1.82) is 0 Å². The molecule has 4 rings (SSSR count). The summed E-state index contributed by atoms with van der Waals surface area (Å²) in [5.74, 6) is 0.528. The van der Waals surface area contributed by atoms with E-state index in [2.05, 4.69) is 27.4 Å². The fraction of sp³-hybridized carbons (Fsp3) is 0.850. The van der Waals surface area contributed by atoms with E-state index in [9.17, 15) is 9.90 Å². The Kier molecular flexibility index (Phi) is 3.01. The molecular weight excluding hydrogens is 288 g/mol. The first-order valence-corrected chi connectivity index (χ1v) is 9.24. The van der Waals surface area contributed by atoms with Crippen LogP contribution in [0, 0.1) is 28.1 Å². The maximum absolute atomic E-state index is 12.6. The predicted octanol–water partition coefficient (Wildman–Crippen LogP) is 3.85. The molecule has 3 nitrogen and oxygen atoms in total. The number of esters is 1. The summed E-state index contributed by atoms with van der Waals surface area (Å²) in [5, 5.41) is 11.6. The summed E-state index contributed by atoms with van der Waals surface area (Å²) >= 11 is 0. The Morgan fingerprint density at radius 1 is 1.26 bits per heavy atom. The monoisotopic (exact) mass is 318 g/mol. The van der Waals surface area contributed by atoms with Gasteiger partial charge in [0.25, 0.3) is 0 Å². The minimum absolute atomic E-state index is 0.00493. The number of hydrogen-bond donors (Lipinski definition) is 1. The molecule has 0 spiro atoms. The van der Waals surface area contributed by atoms with Crippen molar-refractivity contribution < 1.29 is 14.6 Å². The first-order valence-electron chi connectivity index (χ1n) is 9.24. The van der Waals surface area contributed by atoms with Crippen LogP contribution in [0.1, 0.15) is 65.7 Å². The standard InChI is InChI=1S/C20H30O3/c1-5-17(2)10-7-14-18(3)8-6-9-19(4)15(18)13(23-16(19)21)11-20(14,22)12-17/h5,13-15,22H,1,6-12H2,2-4H3. The molecule has 0 aromatic heterocycles. The fourth-order valence-electron chi connectivity index (χ4n) is 7.16. The average molecular weight is 318 g/mol. The van der Waals surface area contributed by atoms with E-state index in [1.54, 1.807) is 0 Å². The second-order valence-corrected chi connectivity index (χ2v) is 9.63. The SMILES string of the molecule is C=CC1(C)CCC2C(O)(CC3OC(=O)C4(C)CCCC2(C)C34)C1. The van der Waals surface area contributed by atoms with Gasteiger partial charge in [0.05, 0.1) is 11.0 Å². The molecule has 0 amide bonds. The van der Waals surface area contributed by atoms with Crippen LogP contribution in [0.5, 0.6) is 0 Å². The molecule has 1 saturated heterocycles. The lowest BCUT2D eigenvalue weighted by molar-refractivity contribution is -0.214. The molecule has 1 N–H and O–H groups in total.